The van der Waals surface area contributed by atoms with Crippen LogP contribution in [0.2, 0.25) is 0 Å². The molecular formula is C15H21BrN2OS. The molecule has 1 amide bonds. The van der Waals surface area contributed by atoms with Crippen LogP contribution in [0.15, 0.2) is 33.6 Å². The fourth-order valence-electron chi connectivity index (χ4n) is 2.30. The molecule has 1 aliphatic rings. The minimum atomic E-state index is -0.612. The van der Waals surface area contributed by atoms with E-state index in [4.69, 9.17) is 5.73 Å². The summed E-state index contributed by atoms with van der Waals surface area (Å²) < 4.78 is 1.07. The monoisotopic (exact) mass is 356 g/mol. The molecule has 0 bridgehead atoms. The zero-order chi connectivity index (χ0) is 14.8. The third-order valence-corrected chi connectivity index (χ3v) is 5.06. The van der Waals surface area contributed by atoms with Gasteiger partial charge in [-0.1, -0.05) is 28.9 Å². The third kappa shape index (κ3) is 4.50. The normalized spacial score (nSPS) is 19.4. The lowest BCUT2D eigenvalue weighted by atomic mass is 9.95. The predicted molar refractivity (Wildman–Crippen MR) is 87.8 cm³/mol. The fourth-order valence-corrected chi connectivity index (χ4v) is 4.08. The number of nitrogens with one attached hydrogen (secondary N) is 1. The maximum atomic E-state index is 11.8. The Morgan fingerprint density at radius 2 is 2.30 bits per heavy atom. The zero-order valence-corrected chi connectivity index (χ0v) is 14.3. The van der Waals surface area contributed by atoms with Crippen molar-refractivity contribution in [2.24, 2.45) is 5.73 Å². The van der Waals surface area contributed by atoms with Gasteiger partial charge in [-0.15, -0.1) is 11.8 Å². The summed E-state index contributed by atoms with van der Waals surface area (Å²) in [6.07, 6.45) is 3.03. The van der Waals surface area contributed by atoms with Gasteiger partial charge >= 0.3 is 0 Å². The van der Waals surface area contributed by atoms with Crippen LogP contribution in [0.25, 0.3) is 0 Å². The minimum Gasteiger partial charge on any atom is -0.368 e. The van der Waals surface area contributed by atoms with E-state index < -0.39 is 5.54 Å². The summed E-state index contributed by atoms with van der Waals surface area (Å²) in [4.78, 5) is 13.0. The number of rotatable bonds is 7. The van der Waals surface area contributed by atoms with Gasteiger partial charge < -0.3 is 11.1 Å². The molecule has 2 rings (SSSR count). The van der Waals surface area contributed by atoms with E-state index in [0.29, 0.717) is 11.3 Å². The van der Waals surface area contributed by atoms with Crippen LogP contribution in [0.4, 0.5) is 0 Å². The van der Waals surface area contributed by atoms with Crippen molar-refractivity contribution in [2.45, 2.75) is 54.8 Å². The van der Waals surface area contributed by atoms with Gasteiger partial charge in [0.2, 0.25) is 5.91 Å². The first kappa shape index (κ1) is 15.9. The number of halogens is 1. The van der Waals surface area contributed by atoms with Gasteiger partial charge in [0, 0.05) is 20.7 Å². The number of hydrogen-bond donors (Lipinski definition) is 2. The molecule has 3 nitrogen and oxygen atoms in total. The second kappa shape index (κ2) is 6.50. The number of amides is 1. The van der Waals surface area contributed by atoms with Gasteiger partial charge in [0.15, 0.2) is 0 Å². The summed E-state index contributed by atoms with van der Waals surface area (Å²) in [7, 11) is 0. The summed E-state index contributed by atoms with van der Waals surface area (Å²) >= 11 is 5.25. The van der Waals surface area contributed by atoms with E-state index in [9.17, 15) is 4.79 Å². The van der Waals surface area contributed by atoms with E-state index in [2.05, 4.69) is 40.3 Å². The Hall–Kier alpha value is -0.520. The molecule has 5 heteroatoms. The van der Waals surface area contributed by atoms with Gasteiger partial charge in [0.1, 0.15) is 0 Å². The highest BCUT2D eigenvalue weighted by Gasteiger charge is 2.38. The molecule has 1 aromatic carbocycles. The SMILES string of the molecule is CC(CC(C)(NC1CC1)C(N)=O)Sc1cccc(Br)c1. The first-order valence-electron chi connectivity index (χ1n) is 6.89. The molecule has 0 spiro atoms. The Morgan fingerprint density at radius 1 is 1.60 bits per heavy atom. The van der Waals surface area contributed by atoms with Crippen LogP contribution in [0, 0.1) is 0 Å². The van der Waals surface area contributed by atoms with Crippen molar-refractivity contribution in [3.8, 4) is 0 Å². The van der Waals surface area contributed by atoms with E-state index >= 15 is 0 Å². The van der Waals surface area contributed by atoms with Gasteiger partial charge in [-0.05, 0) is 44.4 Å². The predicted octanol–water partition coefficient (Wildman–Crippen LogP) is 3.32. The number of hydrogen-bond acceptors (Lipinski definition) is 3. The highest BCUT2D eigenvalue weighted by molar-refractivity contribution is 9.10. The Labute approximate surface area is 133 Å². The number of thioether (sulfide) groups is 1. The molecule has 0 radical (unpaired) electrons. The highest BCUT2D eigenvalue weighted by Crippen LogP contribution is 2.32. The molecule has 1 aliphatic carbocycles. The molecule has 3 N–H and O–H groups in total. The van der Waals surface area contributed by atoms with E-state index in [1.54, 1.807) is 11.8 Å². The summed E-state index contributed by atoms with van der Waals surface area (Å²) in [5.74, 6) is -0.258. The smallest absolute Gasteiger partial charge is 0.237 e. The lowest BCUT2D eigenvalue weighted by molar-refractivity contribution is -0.124. The van der Waals surface area contributed by atoms with E-state index in [1.807, 2.05) is 19.1 Å². The molecule has 1 fully saturated rings. The highest BCUT2D eigenvalue weighted by atomic mass is 79.9. The molecule has 0 aromatic heterocycles. The van der Waals surface area contributed by atoms with E-state index in [-0.39, 0.29) is 5.91 Å². The molecule has 110 valence electrons. The molecule has 0 saturated heterocycles. The van der Waals surface area contributed by atoms with Crippen LogP contribution >= 0.6 is 27.7 Å². The average Bonchev–Trinajstić information content (AvgIpc) is 3.12. The quantitative estimate of drug-likeness (QED) is 0.736. The first-order valence-corrected chi connectivity index (χ1v) is 8.56. The lowest BCUT2D eigenvalue weighted by Gasteiger charge is -2.30. The Morgan fingerprint density at radius 3 is 2.85 bits per heavy atom. The molecule has 0 heterocycles. The molecule has 1 aromatic rings. The van der Waals surface area contributed by atoms with Crippen molar-refractivity contribution in [1.82, 2.24) is 5.32 Å². The summed E-state index contributed by atoms with van der Waals surface area (Å²) in [5, 5.41) is 3.71. The largest absolute Gasteiger partial charge is 0.368 e. The van der Waals surface area contributed by atoms with Crippen molar-refractivity contribution in [1.29, 1.82) is 0 Å². The third-order valence-electron chi connectivity index (χ3n) is 3.47. The van der Waals surface area contributed by atoms with Gasteiger partial charge in [0.25, 0.3) is 0 Å². The maximum absolute atomic E-state index is 11.8. The van der Waals surface area contributed by atoms with Crippen molar-refractivity contribution < 1.29 is 4.79 Å². The van der Waals surface area contributed by atoms with Crippen LogP contribution in [0.3, 0.4) is 0 Å². The Kier molecular flexibility index (Phi) is 5.15. The van der Waals surface area contributed by atoms with Gasteiger partial charge in [-0.2, -0.15) is 0 Å². The molecule has 0 aliphatic heterocycles. The minimum absolute atomic E-state index is 0.258. The summed E-state index contributed by atoms with van der Waals surface area (Å²) in [6.45, 7) is 4.06. The van der Waals surface area contributed by atoms with Crippen molar-refractivity contribution in [3.63, 3.8) is 0 Å². The topological polar surface area (TPSA) is 55.1 Å². The standard InChI is InChI=1S/C15H21BrN2OS/c1-10(20-13-5-3-4-11(16)8-13)9-15(2,14(17)19)18-12-6-7-12/h3-5,8,10,12,18H,6-7,9H2,1-2H3,(H2,17,19). The van der Waals surface area contributed by atoms with Crippen molar-refractivity contribution in [2.75, 3.05) is 0 Å². The number of benzene rings is 1. The average molecular weight is 357 g/mol. The number of carbonyl (C=O) groups excluding carboxylic acids is 1. The number of carbonyl (C=O) groups is 1. The summed E-state index contributed by atoms with van der Waals surface area (Å²) in [5.41, 5.74) is 4.98. The Bertz CT molecular complexity index is 493. The molecule has 1 saturated carbocycles. The molecule has 2 atom stereocenters. The van der Waals surface area contributed by atoms with Crippen LogP contribution in [0.1, 0.15) is 33.1 Å². The van der Waals surface area contributed by atoms with E-state index in [0.717, 1.165) is 23.7 Å². The number of primary amides is 1. The van der Waals surface area contributed by atoms with Gasteiger partial charge in [0.05, 0.1) is 5.54 Å². The first-order chi connectivity index (χ1) is 9.39. The molecular weight excluding hydrogens is 336 g/mol. The molecule has 2 unspecified atom stereocenters. The van der Waals surface area contributed by atoms with Crippen molar-refractivity contribution >= 4 is 33.6 Å². The van der Waals surface area contributed by atoms with Crippen molar-refractivity contribution in [3.05, 3.63) is 28.7 Å². The second-order valence-corrected chi connectivity index (χ2v) is 8.13. The van der Waals surface area contributed by atoms with Crippen LogP contribution < -0.4 is 11.1 Å². The lowest BCUT2D eigenvalue weighted by Crippen LogP contribution is -2.55. The van der Waals surface area contributed by atoms with Gasteiger partial charge in [-0.3, -0.25) is 4.79 Å². The van der Waals surface area contributed by atoms with Crippen LogP contribution in [-0.2, 0) is 4.79 Å². The van der Waals surface area contributed by atoms with Crippen LogP contribution in [0.5, 0.6) is 0 Å². The fraction of sp³-hybridized carbons (Fsp3) is 0.533. The molecule has 20 heavy (non-hydrogen) atoms. The van der Waals surface area contributed by atoms with Crippen LogP contribution in [-0.4, -0.2) is 22.7 Å². The maximum Gasteiger partial charge on any atom is 0.237 e. The van der Waals surface area contributed by atoms with Gasteiger partial charge in [-0.25, -0.2) is 0 Å². The zero-order valence-electron chi connectivity index (χ0n) is 11.9. The Balaban J connectivity index is 1.97. The van der Waals surface area contributed by atoms with E-state index in [1.165, 1.54) is 4.90 Å². The second-order valence-electron chi connectivity index (χ2n) is 5.70. The number of nitrogens with two attached hydrogens (primary N) is 1. The summed E-state index contributed by atoms with van der Waals surface area (Å²) in [6, 6.07) is 8.68.